The first-order valence-electron chi connectivity index (χ1n) is 5.32. The van der Waals surface area contributed by atoms with Gasteiger partial charge in [-0.2, -0.15) is 13.2 Å². The van der Waals surface area contributed by atoms with Gasteiger partial charge >= 0.3 is 6.18 Å². The molecular formula is C12H16F3NO2. The highest BCUT2D eigenvalue weighted by atomic mass is 19.4. The maximum atomic E-state index is 11.9. The molecule has 1 rings (SSSR count). The molecule has 0 spiro atoms. The minimum absolute atomic E-state index is 0.129. The lowest BCUT2D eigenvalue weighted by Gasteiger charge is -2.16. The van der Waals surface area contributed by atoms with Crippen molar-refractivity contribution in [1.29, 1.82) is 0 Å². The predicted molar refractivity (Wildman–Crippen MR) is 63.0 cm³/mol. The Morgan fingerprint density at radius 3 is 2.39 bits per heavy atom. The summed E-state index contributed by atoms with van der Waals surface area (Å²) < 4.78 is 45.6. The molecule has 0 radical (unpaired) electrons. The van der Waals surface area contributed by atoms with Crippen molar-refractivity contribution in [1.82, 2.24) is 0 Å². The maximum absolute atomic E-state index is 11.9. The number of hydrogen-bond donors (Lipinski definition) is 0. The number of halogens is 3. The predicted octanol–water partition coefficient (Wildman–Crippen LogP) is 2.84. The van der Waals surface area contributed by atoms with Crippen LogP contribution in [0.3, 0.4) is 0 Å². The van der Waals surface area contributed by atoms with Crippen LogP contribution in [-0.2, 0) is 11.3 Å². The lowest BCUT2D eigenvalue weighted by atomic mass is 10.2. The van der Waals surface area contributed by atoms with Crippen molar-refractivity contribution in [2.75, 3.05) is 32.7 Å². The highest BCUT2D eigenvalue weighted by Crippen LogP contribution is 2.26. The normalized spacial score (nSPS) is 11.4. The van der Waals surface area contributed by atoms with Crippen LogP contribution in [0.1, 0.15) is 5.56 Å². The van der Waals surface area contributed by atoms with E-state index < -0.39 is 12.8 Å². The van der Waals surface area contributed by atoms with Crippen LogP contribution in [0.2, 0.25) is 0 Å². The molecule has 0 fully saturated rings. The first-order valence-corrected chi connectivity index (χ1v) is 5.32. The van der Waals surface area contributed by atoms with Gasteiger partial charge in [0, 0.05) is 31.4 Å². The molecule has 0 unspecified atom stereocenters. The molecule has 0 aliphatic carbocycles. The molecule has 3 nitrogen and oxygen atoms in total. The van der Waals surface area contributed by atoms with Gasteiger partial charge in [-0.1, -0.05) is 6.07 Å². The molecule has 0 saturated heterocycles. The van der Waals surface area contributed by atoms with E-state index in [1.807, 2.05) is 19.0 Å². The van der Waals surface area contributed by atoms with Crippen molar-refractivity contribution in [2.45, 2.75) is 12.8 Å². The second kappa shape index (κ2) is 5.95. The van der Waals surface area contributed by atoms with Crippen LogP contribution >= 0.6 is 0 Å². The molecule has 102 valence electrons. The number of anilines is 1. The van der Waals surface area contributed by atoms with E-state index in [9.17, 15) is 13.2 Å². The van der Waals surface area contributed by atoms with Crippen molar-refractivity contribution >= 4 is 5.69 Å². The summed E-state index contributed by atoms with van der Waals surface area (Å²) in [5.74, 6) is 0.517. The van der Waals surface area contributed by atoms with E-state index in [1.54, 1.807) is 18.2 Å². The van der Waals surface area contributed by atoms with Gasteiger partial charge in [0.1, 0.15) is 12.4 Å². The van der Waals surface area contributed by atoms with Gasteiger partial charge in [0.15, 0.2) is 0 Å². The van der Waals surface area contributed by atoms with E-state index in [0.29, 0.717) is 11.3 Å². The second-order valence-electron chi connectivity index (χ2n) is 4.00. The van der Waals surface area contributed by atoms with Gasteiger partial charge in [0.25, 0.3) is 0 Å². The van der Waals surface area contributed by atoms with E-state index in [1.165, 1.54) is 7.11 Å². The molecule has 6 heteroatoms. The van der Waals surface area contributed by atoms with E-state index in [0.717, 1.165) is 5.69 Å². The minimum Gasteiger partial charge on any atom is -0.496 e. The number of rotatable bonds is 5. The zero-order chi connectivity index (χ0) is 13.8. The SMILES string of the molecule is COc1cc(N(C)C)ccc1COCC(F)(F)F. The summed E-state index contributed by atoms with van der Waals surface area (Å²) in [7, 11) is 5.21. The van der Waals surface area contributed by atoms with Gasteiger partial charge in [-0.25, -0.2) is 0 Å². The Hall–Kier alpha value is -1.43. The van der Waals surface area contributed by atoms with Crippen LogP contribution in [0.15, 0.2) is 18.2 Å². The summed E-state index contributed by atoms with van der Waals surface area (Å²) in [6, 6.07) is 5.26. The lowest BCUT2D eigenvalue weighted by Crippen LogP contribution is -2.17. The number of alkyl halides is 3. The van der Waals surface area contributed by atoms with Crippen LogP contribution in [0, 0.1) is 0 Å². The molecule has 0 atom stereocenters. The van der Waals surface area contributed by atoms with E-state index in [-0.39, 0.29) is 6.61 Å². The number of benzene rings is 1. The summed E-state index contributed by atoms with van der Waals surface area (Å²) >= 11 is 0. The van der Waals surface area contributed by atoms with Crippen molar-refractivity contribution in [2.24, 2.45) is 0 Å². The zero-order valence-electron chi connectivity index (χ0n) is 10.5. The highest BCUT2D eigenvalue weighted by Gasteiger charge is 2.27. The van der Waals surface area contributed by atoms with Crippen LogP contribution in [0.5, 0.6) is 5.75 Å². The molecule has 0 aliphatic rings. The first-order chi connectivity index (χ1) is 8.33. The van der Waals surface area contributed by atoms with Gasteiger partial charge in [-0.15, -0.1) is 0 Å². The summed E-state index contributed by atoms with van der Waals surface area (Å²) in [5.41, 5.74) is 1.50. The fourth-order valence-electron chi connectivity index (χ4n) is 1.41. The molecular weight excluding hydrogens is 247 g/mol. The van der Waals surface area contributed by atoms with E-state index in [4.69, 9.17) is 4.74 Å². The number of methoxy groups -OCH3 is 1. The molecule has 0 N–H and O–H groups in total. The Morgan fingerprint density at radius 1 is 1.22 bits per heavy atom. The van der Waals surface area contributed by atoms with Crippen LogP contribution < -0.4 is 9.64 Å². The summed E-state index contributed by atoms with van der Waals surface area (Å²) in [4.78, 5) is 1.88. The summed E-state index contributed by atoms with van der Waals surface area (Å²) in [6.45, 7) is -1.39. The molecule has 0 saturated carbocycles. The largest absolute Gasteiger partial charge is 0.496 e. The van der Waals surface area contributed by atoms with Crippen LogP contribution in [0.25, 0.3) is 0 Å². The molecule has 0 amide bonds. The number of ether oxygens (including phenoxy) is 2. The Morgan fingerprint density at radius 2 is 1.89 bits per heavy atom. The number of hydrogen-bond acceptors (Lipinski definition) is 3. The summed E-state index contributed by atoms with van der Waals surface area (Å²) in [6.07, 6.45) is -4.31. The fourth-order valence-corrected chi connectivity index (χ4v) is 1.41. The highest BCUT2D eigenvalue weighted by molar-refractivity contribution is 5.52. The molecule has 0 aliphatic heterocycles. The van der Waals surface area contributed by atoms with Crippen molar-refractivity contribution in [3.63, 3.8) is 0 Å². The van der Waals surface area contributed by atoms with Crippen molar-refractivity contribution in [3.8, 4) is 5.75 Å². The van der Waals surface area contributed by atoms with Crippen molar-refractivity contribution in [3.05, 3.63) is 23.8 Å². The Kier molecular flexibility index (Phi) is 4.84. The Balaban J connectivity index is 2.71. The third-order valence-electron chi connectivity index (χ3n) is 2.31. The van der Waals surface area contributed by atoms with Gasteiger partial charge in [0.2, 0.25) is 0 Å². The molecule has 1 aromatic carbocycles. The number of nitrogens with zero attached hydrogens (tertiary/aromatic N) is 1. The van der Waals surface area contributed by atoms with E-state index in [2.05, 4.69) is 4.74 Å². The van der Waals surface area contributed by atoms with Gasteiger partial charge in [0.05, 0.1) is 13.7 Å². The first kappa shape index (κ1) is 14.6. The van der Waals surface area contributed by atoms with Gasteiger partial charge in [-0.3, -0.25) is 0 Å². The molecule has 18 heavy (non-hydrogen) atoms. The summed E-state index contributed by atoms with van der Waals surface area (Å²) in [5, 5.41) is 0. The quantitative estimate of drug-likeness (QED) is 0.815. The topological polar surface area (TPSA) is 21.7 Å². The molecule has 0 aromatic heterocycles. The van der Waals surface area contributed by atoms with Gasteiger partial charge in [-0.05, 0) is 6.07 Å². The fraction of sp³-hybridized carbons (Fsp3) is 0.500. The maximum Gasteiger partial charge on any atom is 0.411 e. The Labute approximate surface area is 104 Å². The smallest absolute Gasteiger partial charge is 0.411 e. The van der Waals surface area contributed by atoms with Crippen molar-refractivity contribution < 1.29 is 22.6 Å². The third kappa shape index (κ3) is 4.44. The second-order valence-corrected chi connectivity index (χ2v) is 4.00. The third-order valence-corrected chi connectivity index (χ3v) is 2.31. The Bertz CT molecular complexity index is 391. The van der Waals surface area contributed by atoms with Crippen LogP contribution in [0.4, 0.5) is 18.9 Å². The lowest BCUT2D eigenvalue weighted by molar-refractivity contribution is -0.176. The average molecular weight is 263 g/mol. The molecule has 0 heterocycles. The van der Waals surface area contributed by atoms with Gasteiger partial charge < -0.3 is 14.4 Å². The monoisotopic (exact) mass is 263 g/mol. The standard InChI is InChI=1S/C12H16F3NO2/c1-16(2)10-5-4-9(11(6-10)17-3)7-18-8-12(13,14)15/h4-6H,7-8H2,1-3H3. The average Bonchev–Trinajstić information content (AvgIpc) is 2.27. The van der Waals surface area contributed by atoms with Crippen LogP contribution in [-0.4, -0.2) is 34.0 Å². The molecule has 0 bridgehead atoms. The minimum atomic E-state index is -4.31. The van der Waals surface area contributed by atoms with E-state index >= 15 is 0 Å². The molecule has 1 aromatic rings. The zero-order valence-corrected chi connectivity index (χ0v) is 10.5.